The molecule has 5 nitrogen and oxygen atoms in total. The van der Waals surface area contributed by atoms with Gasteiger partial charge < -0.3 is 16.4 Å². The fourth-order valence-corrected chi connectivity index (χ4v) is 1.69. The molecular weight excluding hydrogens is 278 g/mol. The molecule has 0 spiro atoms. The van der Waals surface area contributed by atoms with Gasteiger partial charge in [0.2, 0.25) is 5.91 Å². The van der Waals surface area contributed by atoms with Gasteiger partial charge in [0.15, 0.2) is 0 Å². The van der Waals surface area contributed by atoms with Crippen LogP contribution in [0.25, 0.3) is 0 Å². The van der Waals surface area contributed by atoms with E-state index in [-0.39, 0.29) is 24.3 Å². The second kappa shape index (κ2) is 7.87. The number of rotatable bonds is 6. The molecule has 0 fully saturated rings. The van der Waals surface area contributed by atoms with Crippen molar-refractivity contribution < 1.29 is 9.59 Å². The van der Waals surface area contributed by atoms with E-state index in [9.17, 15) is 9.59 Å². The topological polar surface area (TPSA) is 84.2 Å². The smallest absolute Gasteiger partial charge is 0.253 e. The molecule has 6 heteroatoms. The molecule has 20 heavy (non-hydrogen) atoms. The highest BCUT2D eigenvalue weighted by atomic mass is 35.5. The lowest BCUT2D eigenvalue weighted by Crippen LogP contribution is -2.29. The Bertz CT molecular complexity index is 491. The van der Waals surface area contributed by atoms with Crippen LogP contribution < -0.4 is 16.4 Å². The lowest BCUT2D eigenvalue weighted by molar-refractivity contribution is -0.119. The summed E-state index contributed by atoms with van der Waals surface area (Å²) in [5, 5.41) is 5.91. The number of anilines is 1. The molecule has 110 valence electrons. The molecule has 0 saturated carbocycles. The number of hydrogen-bond donors (Lipinski definition) is 3. The molecule has 1 aromatic rings. The first-order valence-corrected chi connectivity index (χ1v) is 6.96. The third-order valence-electron chi connectivity index (χ3n) is 2.82. The number of benzene rings is 1. The molecule has 1 atom stereocenters. The van der Waals surface area contributed by atoms with Crippen LogP contribution in [0.3, 0.4) is 0 Å². The van der Waals surface area contributed by atoms with Crippen molar-refractivity contribution in [1.82, 2.24) is 5.32 Å². The Morgan fingerprint density at radius 1 is 1.40 bits per heavy atom. The Hall–Kier alpha value is -1.59. The number of amides is 2. The van der Waals surface area contributed by atoms with Crippen LogP contribution in [-0.4, -0.2) is 24.9 Å². The third kappa shape index (κ3) is 4.51. The number of nitrogens with one attached hydrogen (secondary N) is 2. The summed E-state index contributed by atoms with van der Waals surface area (Å²) < 4.78 is 0. The van der Waals surface area contributed by atoms with Gasteiger partial charge in [-0.05, 0) is 24.6 Å². The summed E-state index contributed by atoms with van der Waals surface area (Å²) in [6, 6.07) is 4.77. The van der Waals surface area contributed by atoms with Crippen LogP contribution in [0.4, 0.5) is 5.69 Å². The summed E-state index contributed by atoms with van der Waals surface area (Å²) in [6.07, 6.45) is 0.839. The van der Waals surface area contributed by atoms with Gasteiger partial charge in [-0.25, -0.2) is 0 Å². The van der Waals surface area contributed by atoms with Crippen molar-refractivity contribution in [2.75, 3.05) is 18.4 Å². The summed E-state index contributed by atoms with van der Waals surface area (Å²) in [7, 11) is 0. The van der Waals surface area contributed by atoms with Crippen LogP contribution >= 0.6 is 11.6 Å². The van der Waals surface area contributed by atoms with E-state index >= 15 is 0 Å². The third-order valence-corrected chi connectivity index (χ3v) is 3.06. The molecule has 4 N–H and O–H groups in total. The zero-order valence-electron chi connectivity index (χ0n) is 11.7. The fraction of sp³-hybridized carbons (Fsp3) is 0.429. The minimum absolute atomic E-state index is 0.237. The van der Waals surface area contributed by atoms with Crippen molar-refractivity contribution in [3.8, 4) is 0 Å². The van der Waals surface area contributed by atoms with E-state index in [0.29, 0.717) is 22.8 Å². The lowest BCUT2D eigenvalue weighted by Gasteiger charge is -2.14. The summed E-state index contributed by atoms with van der Waals surface area (Å²) in [5.74, 6) is -0.806. The maximum atomic E-state index is 12.0. The molecule has 2 amide bonds. The zero-order chi connectivity index (χ0) is 15.1. The molecular formula is C14H20ClN3O2. The summed E-state index contributed by atoms with van der Waals surface area (Å²) in [6.45, 7) is 4.50. The van der Waals surface area contributed by atoms with Crippen LogP contribution in [0.15, 0.2) is 18.2 Å². The maximum absolute atomic E-state index is 12.0. The Kier molecular flexibility index (Phi) is 6.48. The Morgan fingerprint density at radius 2 is 2.10 bits per heavy atom. The Morgan fingerprint density at radius 3 is 2.70 bits per heavy atom. The summed E-state index contributed by atoms with van der Waals surface area (Å²) >= 11 is 5.92. The fourth-order valence-electron chi connectivity index (χ4n) is 1.51. The first-order chi connectivity index (χ1) is 9.49. The molecule has 0 aliphatic rings. The van der Waals surface area contributed by atoms with Gasteiger partial charge in [-0.15, -0.1) is 0 Å². The first-order valence-electron chi connectivity index (χ1n) is 6.58. The van der Waals surface area contributed by atoms with Crippen LogP contribution in [0.1, 0.15) is 30.6 Å². The highest BCUT2D eigenvalue weighted by Crippen LogP contribution is 2.21. The summed E-state index contributed by atoms with van der Waals surface area (Å²) in [5.41, 5.74) is 6.24. The van der Waals surface area contributed by atoms with E-state index in [0.717, 1.165) is 6.42 Å². The van der Waals surface area contributed by atoms with Crippen LogP contribution in [-0.2, 0) is 4.79 Å². The molecule has 1 aromatic carbocycles. The molecule has 1 rings (SSSR count). The lowest BCUT2D eigenvalue weighted by atomic mass is 10.1. The normalized spacial score (nSPS) is 11.8. The van der Waals surface area contributed by atoms with E-state index in [1.807, 2.05) is 6.92 Å². The molecule has 0 aromatic heterocycles. The van der Waals surface area contributed by atoms with Crippen molar-refractivity contribution >= 4 is 29.1 Å². The van der Waals surface area contributed by atoms with E-state index < -0.39 is 0 Å². The molecule has 0 heterocycles. The number of hydrogen-bond acceptors (Lipinski definition) is 3. The second-order valence-corrected chi connectivity index (χ2v) is 5.01. The van der Waals surface area contributed by atoms with Gasteiger partial charge >= 0.3 is 0 Å². The highest BCUT2D eigenvalue weighted by Gasteiger charge is 2.16. The predicted octanol–water partition coefficient (Wildman–Crippen LogP) is 2.01. The SMILES string of the molecule is CCCNC(=O)c1ccc(Cl)cc1NC(=O)C(C)CN. The van der Waals surface area contributed by atoms with Gasteiger partial charge in [-0.3, -0.25) is 9.59 Å². The number of carbonyl (C=O) groups is 2. The Balaban J connectivity index is 2.95. The van der Waals surface area contributed by atoms with Crippen LogP contribution in [0.2, 0.25) is 5.02 Å². The monoisotopic (exact) mass is 297 g/mol. The van der Waals surface area contributed by atoms with Crippen LogP contribution in [0.5, 0.6) is 0 Å². The second-order valence-electron chi connectivity index (χ2n) is 4.57. The molecule has 0 bridgehead atoms. The summed E-state index contributed by atoms with van der Waals surface area (Å²) in [4.78, 5) is 23.9. The average molecular weight is 298 g/mol. The minimum Gasteiger partial charge on any atom is -0.352 e. The van der Waals surface area contributed by atoms with Crippen LogP contribution in [0, 0.1) is 5.92 Å². The van der Waals surface area contributed by atoms with Gasteiger partial charge in [0.05, 0.1) is 11.3 Å². The first kappa shape index (κ1) is 16.5. The van der Waals surface area contributed by atoms with Crippen molar-refractivity contribution in [2.24, 2.45) is 11.7 Å². The molecule has 1 unspecified atom stereocenters. The van der Waals surface area contributed by atoms with Gasteiger partial charge in [0.25, 0.3) is 5.91 Å². The Labute approximate surface area is 123 Å². The number of carbonyl (C=O) groups excluding carboxylic acids is 2. The van der Waals surface area contributed by atoms with Gasteiger partial charge in [-0.1, -0.05) is 25.4 Å². The van der Waals surface area contributed by atoms with Crippen molar-refractivity contribution in [3.05, 3.63) is 28.8 Å². The standard InChI is InChI=1S/C14H20ClN3O2/c1-3-6-17-14(20)11-5-4-10(15)7-12(11)18-13(19)9(2)8-16/h4-5,7,9H,3,6,8,16H2,1-2H3,(H,17,20)(H,18,19). The molecule has 0 aliphatic carbocycles. The van der Waals surface area contributed by atoms with E-state index in [1.54, 1.807) is 25.1 Å². The molecule has 0 saturated heterocycles. The van der Waals surface area contributed by atoms with E-state index in [2.05, 4.69) is 10.6 Å². The molecule has 0 radical (unpaired) electrons. The van der Waals surface area contributed by atoms with E-state index in [1.165, 1.54) is 0 Å². The van der Waals surface area contributed by atoms with E-state index in [4.69, 9.17) is 17.3 Å². The predicted molar refractivity (Wildman–Crippen MR) is 80.9 cm³/mol. The number of nitrogens with two attached hydrogens (primary N) is 1. The largest absolute Gasteiger partial charge is 0.352 e. The molecule has 0 aliphatic heterocycles. The number of halogens is 1. The van der Waals surface area contributed by atoms with Gasteiger partial charge in [-0.2, -0.15) is 0 Å². The average Bonchev–Trinajstić information content (AvgIpc) is 2.43. The van der Waals surface area contributed by atoms with Crippen molar-refractivity contribution in [1.29, 1.82) is 0 Å². The highest BCUT2D eigenvalue weighted by molar-refractivity contribution is 6.31. The van der Waals surface area contributed by atoms with Gasteiger partial charge in [0, 0.05) is 24.0 Å². The minimum atomic E-state index is -0.333. The van der Waals surface area contributed by atoms with Crippen molar-refractivity contribution in [2.45, 2.75) is 20.3 Å². The van der Waals surface area contributed by atoms with Gasteiger partial charge in [0.1, 0.15) is 0 Å². The van der Waals surface area contributed by atoms with Crippen molar-refractivity contribution in [3.63, 3.8) is 0 Å². The maximum Gasteiger partial charge on any atom is 0.253 e. The zero-order valence-corrected chi connectivity index (χ0v) is 12.5. The quantitative estimate of drug-likeness (QED) is 0.751.